The lowest BCUT2D eigenvalue weighted by molar-refractivity contribution is -0.149. The Morgan fingerprint density at radius 1 is 1.14 bits per heavy atom. The standard InChI is InChI=1S/C18H21BrN2O7/c1-4-27-18(26)15(11(3)23)16(25)17-20-9-12(19)13(21-17)6-5-7-28-14(24)8-10(2)22/h9,15H,4-8H2,1-3H3. The lowest BCUT2D eigenvalue weighted by atomic mass is 9.99. The van der Waals surface area contributed by atoms with Gasteiger partial charge in [-0.3, -0.25) is 24.0 Å². The molecule has 152 valence electrons. The highest BCUT2D eigenvalue weighted by Gasteiger charge is 2.35. The molecular weight excluding hydrogens is 436 g/mol. The first-order chi connectivity index (χ1) is 13.2. The smallest absolute Gasteiger partial charge is 0.324 e. The Kier molecular flexibility index (Phi) is 9.57. The Hall–Kier alpha value is -2.49. The van der Waals surface area contributed by atoms with E-state index in [1.807, 2.05) is 0 Å². The van der Waals surface area contributed by atoms with Gasteiger partial charge in [0.25, 0.3) is 0 Å². The molecular formula is C18H21BrN2O7. The second-order valence-electron chi connectivity index (χ2n) is 5.85. The van der Waals surface area contributed by atoms with Crippen LogP contribution in [0, 0.1) is 5.92 Å². The number of rotatable bonds is 11. The molecule has 0 aliphatic carbocycles. The molecule has 0 fully saturated rings. The van der Waals surface area contributed by atoms with Crippen LogP contribution >= 0.6 is 15.9 Å². The number of aromatic nitrogens is 2. The van der Waals surface area contributed by atoms with Crippen molar-refractivity contribution in [3.05, 3.63) is 22.2 Å². The van der Waals surface area contributed by atoms with Gasteiger partial charge >= 0.3 is 11.9 Å². The van der Waals surface area contributed by atoms with Crippen molar-refractivity contribution in [2.24, 2.45) is 5.92 Å². The fourth-order valence-electron chi connectivity index (χ4n) is 2.19. The number of esters is 2. The first-order valence-corrected chi connectivity index (χ1v) is 9.34. The summed E-state index contributed by atoms with van der Waals surface area (Å²) in [4.78, 5) is 66.3. The molecule has 9 nitrogen and oxygen atoms in total. The minimum absolute atomic E-state index is 0.0324. The van der Waals surface area contributed by atoms with Crippen LogP contribution in [0.25, 0.3) is 0 Å². The maximum atomic E-state index is 12.5. The molecule has 0 bridgehead atoms. The number of hydrogen-bond acceptors (Lipinski definition) is 9. The van der Waals surface area contributed by atoms with Gasteiger partial charge in [-0.15, -0.1) is 0 Å². The van der Waals surface area contributed by atoms with Gasteiger partial charge in [-0.2, -0.15) is 0 Å². The number of hydrogen-bond donors (Lipinski definition) is 0. The zero-order valence-corrected chi connectivity index (χ0v) is 17.4. The highest BCUT2D eigenvalue weighted by molar-refractivity contribution is 9.10. The van der Waals surface area contributed by atoms with Crippen molar-refractivity contribution >= 4 is 45.2 Å². The lowest BCUT2D eigenvalue weighted by Gasteiger charge is -2.12. The van der Waals surface area contributed by atoms with Crippen molar-refractivity contribution in [2.45, 2.75) is 40.0 Å². The topological polar surface area (TPSA) is 130 Å². The van der Waals surface area contributed by atoms with Crippen LogP contribution in [0.3, 0.4) is 0 Å². The summed E-state index contributed by atoms with van der Waals surface area (Å²) in [5.74, 6) is -5.22. The largest absolute Gasteiger partial charge is 0.465 e. The molecule has 0 N–H and O–H groups in total. The molecule has 0 spiro atoms. The Balaban J connectivity index is 2.82. The highest BCUT2D eigenvalue weighted by atomic mass is 79.9. The number of halogens is 1. The highest BCUT2D eigenvalue weighted by Crippen LogP contribution is 2.17. The van der Waals surface area contributed by atoms with E-state index in [1.165, 1.54) is 13.1 Å². The molecule has 1 unspecified atom stereocenters. The first kappa shape index (κ1) is 23.5. The van der Waals surface area contributed by atoms with Crippen LogP contribution in [0.4, 0.5) is 0 Å². The molecule has 1 atom stereocenters. The number of Topliss-reactive ketones (excluding diaryl/α,β-unsaturated/α-hetero) is 3. The van der Waals surface area contributed by atoms with Gasteiger partial charge < -0.3 is 9.47 Å². The third-order valence-electron chi connectivity index (χ3n) is 3.44. The van der Waals surface area contributed by atoms with Crippen LogP contribution in [0.5, 0.6) is 0 Å². The predicted octanol–water partition coefficient (Wildman–Crippen LogP) is 1.65. The van der Waals surface area contributed by atoms with Crippen LogP contribution in [-0.2, 0) is 35.1 Å². The van der Waals surface area contributed by atoms with E-state index in [1.54, 1.807) is 6.92 Å². The van der Waals surface area contributed by atoms with Crippen LogP contribution in [0.1, 0.15) is 49.9 Å². The van der Waals surface area contributed by atoms with Gasteiger partial charge in [-0.25, -0.2) is 9.97 Å². The SMILES string of the molecule is CCOC(=O)C(C(C)=O)C(=O)c1ncc(Br)c(CCCOC(=O)CC(C)=O)n1. The Bertz CT molecular complexity index is 779. The van der Waals surface area contributed by atoms with E-state index in [9.17, 15) is 24.0 Å². The van der Waals surface area contributed by atoms with Gasteiger partial charge in [0.2, 0.25) is 5.78 Å². The summed E-state index contributed by atoms with van der Waals surface area (Å²) in [6.45, 7) is 4.09. The third-order valence-corrected chi connectivity index (χ3v) is 4.10. The third kappa shape index (κ3) is 7.26. The number of nitrogens with zero attached hydrogens (tertiary/aromatic N) is 2. The molecule has 1 heterocycles. The summed E-state index contributed by atoms with van der Waals surface area (Å²) >= 11 is 3.27. The van der Waals surface area contributed by atoms with E-state index in [0.717, 1.165) is 6.92 Å². The summed E-state index contributed by atoms with van der Waals surface area (Å²) < 4.78 is 10.2. The van der Waals surface area contributed by atoms with E-state index < -0.39 is 29.4 Å². The maximum absolute atomic E-state index is 12.5. The molecule has 28 heavy (non-hydrogen) atoms. The Morgan fingerprint density at radius 2 is 1.82 bits per heavy atom. The molecule has 0 aliphatic rings. The van der Waals surface area contributed by atoms with Gasteiger partial charge in [0.1, 0.15) is 12.2 Å². The zero-order valence-electron chi connectivity index (χ0n) is 15.8. The average Bonchev–Trinajstić information content (AvgIpc) is 2.59. The fraction of sp³-hybridized carbons (Fsp3) is 0.500. The number of ketones is 3. The van der Waals surface area contributed by atoms with Gasteiger partial charge in [0.15, 0.2) is 17.5 Å². The van der Waals surface area contributed by atoms with Crippen LogP contribution in [0.2, 0.25) is 0 Å². The summed E-state index contributed by atoms with van der Waals surface area (Å²) in [7, 11) is 0. The molecule has 1 aromatic rings. The summed E-state index contributed by atoms with van der Waals surface area (Å²) in [5, 5.41) is 0. The summed E-state index contributed by atoms with van der Waals surface area (Å²) in [6, 6.07) is 0. The normalized spacial score (nSPS) is 11.4. The number of carbonyl (C=O) groups excluding carboxylic acids is 5. The van der Waals surface area contributed by atoms with Crippen molar-refractivity contribution in [2.75, 3.05) is 13.2 Å². The van der Waals surface area contributed by atoms with Crippen molar-refractivity contribution < 1.29 is 33.4 Å². The minimum Gasteiger partial charge on any atom is -0.465 e. The van der Waals surface area contributed by atoms with Crippen molar-refractivity contribution in [3.63, 3.8) is 0 Å². The Morgan fingerprint density at radius 3 is 2.39 bits per heavy atom. The van der Waals surface area contributed by atoms with Gasteiger partial charge in [-0.05, 0) is 49.5 Å². The number of ether oxygens (including phenoxy) is 2. The van der Waals surface area contributed by atoms with E-state index >= 15 is 0 Å². The van der Waals surface area contributed by atoms with Crippen molar-refractivity contribution in [1.29, 1.82) is 0 Å². The van der Waals surface area contributed by atoms with Gasteiger partial charge in [-0.1, -0.05) is 0 Å². The average molecular weight is 457 g/mol. The van der Waals surface area contributed by atoms with Gasteiger partial charge in [0, 0.05) is 6.20 Å². The van der Waals surface area contributed by atoms with E-state index in [4.69, 9.17) is 9.47 Å². The molecule has 0 amide bonds. The molecule has 1 rings (SSSR count). The monoisotopic (exact) mass is 456 g/mol. The molecule has 10 heteroatoms. The van der Waals surface area contributed by atoms with Crippen LogP contribution in [-0.4, -0.2) is 52.5 Å². The summed E-state index contributed by atoms with van der Waals surface area (Å²) in [5.41, 5.74) is 0.451. The molecule has 0 aromatic carbocycles. The van der Waals surface area contributed by atoms with Crippen LogP contribution in [0.15, 0.2) is 10.7 Å². The second-order valence-corrected chi connectivity index (χ2v) is 6.71. The second kappa shape index (κ2) is 11.4. The number of carbonyl (C=O) groups is 5. The molecule has 1 aromatic heterocycles. The molecule has 0 radical (unpaired) electrons. The number of aryl methyl sites for hydroxylation is 1. The molecule has 0 aliphatic heterocycles. The summed E-state index contributed by atoms with van der Waals surface area (Å²) in [6.07, 6.45) is 1.79. The van der Waals surface area contributed by atoms with Crippen molar-refractivity contribution in [1.82, 2.24) is 9.97 Å². The zero-order chi connectivity index (χ0) is 21.3. The quantitative estimate of drug-likeness (QED) is 0.211. The van der Waals surface area contributed by atoms with Gasteiger partial charge in [0.05, 0.1) is 23.4 Å². The minimum atomic E-state index is -1.61. The Labute approximate surface area is 170 Å². The lowest BCUT2D eigenvalue weighted by Crippen LogP contribution is -2.33. The first-order valence-electron chi connectivity index (χ1n) is 8.55. The van der Waals surface area contributed by atoms with Crippen molar-refractivity contribution in [3.8, 4) is 0 Å². The maximum Gasteiger partial charge on any atom is 0.324 e. The molecule has 0 saturated heterocycles. The fourth-order valence-corrected chi connectivity index (χ4v) is 2.58. The molecule has 0 saturated carbocycles. The van der Waals surface area contributed by atoms with E-state index in [2.05, 4.69) is 25.9 Å². The van der Waals surface area contributed by atoms with E-state index in [0.29, 0.717) is 23.0 Å². The van der Waals surface area contributed by atoms with E-state index in [-0.39, 0.29) is 31.2 Å². The van der Waals surface area contributed by atoms with Crippen LogP contribution < -0.4 is 0 Å². The predicted molar refractivity (Wildman–Crippen MR) is 99.4 cm³/mol.